The van der Waals surface area contributed by atoms with E-state index in [1.807, 2.05) is 95.5 Å². The maximum absolute atomic E-state index is 4.15. The summed E-state index contributed by atoms with van der Waals surface area (Å²) >= 11 is 0. The number of nitrogens with zero attached hydrogens (tertiary/aromatic N) is 4. The average Bonchev–Trinajstić information content (AvgIpc) is 3.26. The zero-order valence-electron chi connectivity index (χ0n) is 15.6. The minimum absolute atomic E-state index is 1.07. The molecular formula is C20H28N4. The zero-order chi connectivity index (χ0) is 17.9. The average molecular weight is 324 g/mol. The summed E-state index contributed by atoms with van der Waals surface area (Å²) in [6.45, 7) is 8.00. The second kappa shape index (κ2) is 10.2. The van der Waals surface area contributed by atoms with E-state index in [1.165, 1.54) is 16.5 Å². The molecule has 24 heavy (non-hydrogen) atoms. The first-order valence-corrected chi connectivity index (χ1v) is 8.46. The largest absolute Gasteiger partial charge is 0.357 e. The van der Waals surface area contributed by atoms with Gasteiger partial charge in [-0.3, -0.25) is 9.97 Å². The fourth-order valence-electron chi connectivity index (χ4n) is 2.18. The van der Waals surface area contributed by atoms with Crippen LogP contribution in [0.1, 0.15) is 27.7 Å². The molecule has 0 fully saturated rings. The molecule has 2 aromatic rings. The number of pyridine rings is 2. The van der Waals surface area contributed by atoms with Crippen LogP contribution in [-0.4, -0.2) is 19.1 Å². The van der Waals surface area contributed by atoms with Gasteiger partial charge in [0.25, 0.3) is 0 Å². The molecule has 2 aromatic heterocycles. The first kappa shape index (κ1) is 19.4. The molecule has 0 radical (unpaired) electrons. The Balaban J connectivity index is 0.000000199. The second-order valence-electron chi connectivity index (χ2n) is 4.76. The fraction of sp³-hybridized carbons (Fsp3) is 0.300. The highest BCUT2D eigenvalue weighted by Gasteiger charge is 2.00. The van der Waals surface area contributed by atoms with Crippen molar-refractivity contribution in [2.24, 2.45) is 14.1 Å². The van der Waals surface area contributed by atoms with Gasteiger partial charge in [0.1, 0.15) is 0 Å². The molecule has 0 spiro atoms. The normalized spacial score (nSPS) is 9.25. The van der Waals surface area contributed by atoms with E-state index < -0.39 is 0 Å². The topological polar surface area (TPSA) is 35.6 Å². The summed E-state index contributed by atoms with van der Waals surface area (Å²) in [6, 6.07) is 8.09. The number of fused-ring (bicyclic) bond motifs is 2. The van der Waals surface area contributed by atoms with Crippen LogP contribution in [0.15, 0.2) is 61.4 Å². The van der Waals surface area contributed by atoms with E-state index in [0.717, 1.165) is 5.69 Å². The van der Waals surface area contributed by atoms with Crippen molar-refractivity contribution in [3.63, 3.8) is 0 Å². The Morgan fingerprint density at radius 3 is 2.29 bits per heavy atom. The van der Waals surface area contributed by atoms with Crippen LogP contribution in [0, 0.1) is 0 Å². The van der Waals surface area contributed by atoms with Gasteiger partial charge in [-0.1, -0.05) is 27.7 Å². The van der Waals surface area contributed by atoms with E-state index in [-0.39, 0.29) is 0 Å². The fourth-order valence-corrected chi connectivity index (χ4v) is 2.18. The van der Waals surface area contributed by atoms with Crippen molar-refractivity contribution < 1.29 is 0 Å². The SMILES string of the molecule is CC.CC.Cn1ccc2cnccc21.Cn1ccc2nccc-2c1. The van der Waals surface area contributed by atoms with E-state index in [4.69, 9.17) is 0 Å². The van der Waals surface area contributed by atoms with Gasteiger partial charge in [-0.05, 0) is 24.3 Å². The quantitative estimate of drug-likeness (QED) is 0.448. The van der Waals surface area contributed by atoms with Gasteiger partial charge in [0.15, 0.2) is 0 Å². The molecular weight excluding hydrogens is 296 g/mol. The van der Waals surface area contributed by atoms with Crippen LogP contribution < -0.4 is 0 Å². The van der Waals surface area contributed by atoms with Crippen LogP contribution in [-0.2, 0) is 14.1 Å². The number of aromatic nitrogens is 4. The Morgan fingerprint density at radius 1 is 0.833 bits per heavy atom. The molecule has 0 saturated carbocycles. The van der Waals surface area contributed by atoms with Crippen LogP contribution in [0.25, 0.3) is 22.2 Å². The van der Waals surface area contributed by atoms with Crippen LogP contribution in [0.4, 0.5) is 0 Å². The van der Waals surface area contributed by atoms with E-state index in [1.54, 1.807) is 0 Å². The Hall–Kier alpha value is -2.62. The van der Waals surface area contributed by atoms with Gasteiger partial charge in [0.2, 0.25) is 0 Å². The molecule has 0 aliphatic carbocycles. The summed E-state index contributed by atoms with van der Waals surface area (Å²) in [7, 11) is 4.04. The summed E-state index contributed by atoms with van der Waals surface area (Å²) in [4.78, 5) is 8.16. The monoisotopic (exact) mass is 324 g/mol. The maximum Gasteiger partial charge on any atom is 0.0731 e. The molecule has 4 nitrogen and oxygen atoms in total. The summed E-state index contributed by atoms with van der Waals surface area (Å²) < 4.78 is 4.10. The Kier molecular flexibility index (Phi) is 8.26. The van der Waals surface area contributed by atoms with Crippen molar-refractivity contribution in [1.29, 1.82) is 0 Å². The number of rotatable bonds is 0. The lowest BCUT2D eigenvalue weighted by atomic mass is 10.2. The molecule has 4 heterocycles. The summed E-state index contributed by atoms with van der Waals surface area (Å²) in [5.41, 5.74) is 3.50. The number of hydrogen-bond acceptors (Lipinski definition) is 2. The lowest BCUT2D eigenvalue weighted by Crippen LogP contribution is -1.89. The van der Waals surface area contributed by atoms with E-state index in [2.05, 4.69) is 26.8 Å². The summed E-state index contributed by atoms with van der Waals surface area (Å²) in [6.07, 6.45) is 11.6. The van der Waals surface area contributed by atoms with Gasteiger partial charge in [-0.25, -0.2) is 0 Å². The molecule has 2 aliphatic rings. The van der Waals surface area contributed by atoms with Gasteiger partial charge >= 0.3 is 0 Å². The number of aryl methyl sites for hydroxylation is 2. The number of hydrogen-bond donors (Lipinski definition) is 0. The lowest BCUT2D eigenvalue weighted by Gasteiger charge is -1.99. The predicted molar refractivity (Wildman–Crippen MR) is 103 cm³/mol. The lowest BCUT2D eigenvalue weighted by molar-refractivity contribution is 0.904. The standard InChI is InChI=1S/2C8H8N2.2C2H6/c1-10-5-3-7-6-9-4-2-8(7)10;1-10-5-3-8-7(6-10)2-4-9-8;2*1-2/h2*2-6H,1H3;2*1-2H3. The molecule has 0 atom stereocenters. The second-order valence-corrected chi connectivity index (χ2v) is 4.76. The molecule has 0 amide bonds. The molecule has 0 aromatic carbocycles. The highest BCUT2D eigenvalue weighted by Crippen LogP contribution is 2.17. The minimum atomic E-state index is 1.07. The van der Waals surface area contributed by atoms with Gasteiger partial charge < -0.3 is 9.13 Å². The summed E-state index contributed by atoms with van der Waals surface area (Å²) in [5, 5.41) is 1.20. The van der Waals surface area contributed by atoms with Crippen molar-refractivity contribution in [3.8, 4) is 11.3 Å². The van der Waals surface area contributed by atoms with E-state index in [0.29, 0.717) is 0 Å². The minimum Gasteiger partial charge on any atom is -0.357 e. The van der Waals surface area contributed by atoms with Gasteiger partial charge in [0, 0.05) is 62.2 Å². The van der Waals surface area contributed by atoms with E-state index >= 15 is 0 Å². The van der Waals surface area contributed by atoms with Crippen LogP contribution in [0.3, 0.4) is 0 Å². The molecule has 0 unspecified atom stereocenters. The molecule has 4 heteroatoms. The highest BCUT2D eigenvalue weighted by atomic mass is 14.9. The van der Waals surface area contributed by atoms with Gasteiger partial charge in [-0.15, -0.1) is 0 Å². The van der Waals surface area contributed by atoms with Crippen molar-refractivity contribution in [3.05, 3.63) is 61.4 Å². The van der Waals surface area contributed by atoms with Crippen LogP contribution >= 0.6 is 0 Å². The van der Waals surface area contributed by atoms with Crippen LogP contribution in [0.2, 0.25) is 0 Å². The first-order valence-electron chi connectivity index (χ1n) is 8.46. The molecule has 0 bridgehead atoms. The Bertz CT molecular complexity index is 798. The maximum atomic E-state index is 4.15. The predicted octanol–water partition coefficient (Wildman–Crippen LogP) is 5.15. The van der Waals surface area contributed by atoms with Gasteiger partial charge in [0.05, 0.1) is 11.2 Å². The molecule has 0 saturated heterocycles. The van der Waals surface area contributed by atoms with Gasteiger partial charge in [-0.2, -0.15) is 0 Å². The third-order valence-electron chi connectivity index (χ3n) is 3.26. The molecule has 4 rings (SSSR count). The molecule has 128 valence electrons. The van der Waals surface area contributed by atoms with Crippen molar-refractivity contribution >= 4 is 10.9 Å². The van der Waals surface area contributed by atoms with Crippen LogP contribution in [0.5, 0.6) is 0 Å². The van der Waals surface area contributed by atoms with Crippen molar-refractivity contribution in [1.82, 2.24) is 19.1 Å². The molecule has 2 aliphatic heterocycles. The highest BCUT2D eigenvalue weighted by molar-refractivity contribution is 5.78. The molecule has 0 N–H and O–H groups in total. The zero-order valence-corrected chi connectivity index (χ0v) is 15.6. The van der Waals surface area contributed by atoms with Crippen molar-refractivity contribution in [2.45, 2.75) is 27.7 Å². The first-order chi connectivity index (χ1) is 11.7. The summed E-state index contributed by atoms with van der Waals surface area (Å²) in [5.74, 6) is 0. The Morgan fingerprint density at radius 2 is 1.58 bits per heavy atom. The third kappa shape index (κ3) is 4.95. The third-order valence-corrected chi connectivity index (χ3v) is 3.26. The Labute approximate surface area is 145 Å². The van der Waals surface area contributed by atoms with E-state index in [9.17, 15) is 0 Å². The van der Waals surface area contributed by atoms with Crippen molar-refractivity contribution in [2.75, 3.05) is 0 Å². The smallest absolute Gasteiger partial charge is 0.0731 e.